The number of anilines is 1. The van der Waals surface area contributed by atoms with E-state index in [-0.39, 0.29) is 18.8 Å². The summed E-state index contributed by atoms with van der Waals surface area (Å²) in [6.07, 6.45) is 0. The number of benzene rings is 1. The van der Waals surface area contributed by atoms with Gasteiger partial charge in [0.05, 0.1) is 30.3 Å². The number of carboxylic acids is 1. The molecule has 1 aromatic carbocycles. The van der Waals surface area contributed by atoms with Gasteiger partial charge in [0.2, 0.25) is 0 Å². The second-order valence-electron chi connectivity index (χ2n) is 4.08. The molecule has 6 nitrogen and oxygen atoms in total. The monoisotopic (exact) mass is 262 g/mol. The van der Waals surface area contributed by atoms with Crippen LogP contribution in [0.4, 0.5) is 5.82 Å². The first-order chi connectivity index (χ1) is 9.15. The van der Waals surface area contributed by atoms with Gasteiger partial charge in [-0.25, -0.2) is 9.78 Å². The zero-order valence-electron chi connectivity index (χ0n) is 10.1. The van der Waals surface area contributed by atoms with Gasteiger partial charge in [-0.2, -0.15) is 0 Å². The van der Waals surface area contributed by atoms with Crippen molar-refractivity contribution in [3.63, 3.8) is 0 Å². The molecule has 19 heavy (non-hydrogen) atoms. The maximum absolute atomic E-state index is 11.2. The maximum Gasteiger partial charge on any atom is 0.336 e. The van der Waals surface area contributed by atoms with Gasteiger partial charge in [0, 0.05) is 5.39 Å². The summed E-state index contributed by atoms with van der Waals surface area (Å²) in [5, 5.41) is 30.6. The Hall–Kier alpha value is -2.18. The second-order valence-corrected chi connectivity index (χ2v) is 4.08. The fourth-order valence-corrected chi connectivity index (χ4v) is 1.78. The second kappa shape index (κ2) is 5.64. The number of pyridine rings is 1. The molecule has 100 valence electrons. The first kappa shape index (κ1) is 13.3. The first-order valence-electron chi connectivity index (χ1n) is 5.77. The number of aromatic nitrogens is 1. The molecule has 0 saturated carbocycles. The van der Waals surface area contributed by atoms with E-state index < -0.39 is 12.0 Å². The standard InChI is InChI=1S/C13H14N2O4/c16-6-8(7-17)14-12-5-10(13(18)19)9-3-1-2-4-11(9)15-12/h1-5,8,16-17H,6-7H2,(H,14,15)(H,18,19). The van der Waals surface area contributed by atoms with Gasteiger partial charge in [-0.3, -0.25) is 0 Å². The highest BCUT2D eigenvalue weighted by atomic mass is 16.4. The Morgan fingerprint density at radius 3 is 2.58 bits per heavy atom. The topological polar surface area (TPSA) is 103 Å². The van der Waals surface area contributed by atoms with Gasteiger partial charge in [-0.15, -0.1) is 0 Å². The normalized spacial score (nSPS) is 10.9. The maximum atomic E-state index is 11.2. The van der Waals surface area contributed by atoms with E-state index in [4.69, 9.17) is 10.2 Å². The number of para-hydroxylation sites is 1. The molecule has 2 aromatic rings. The SMILES string of the molecule is O=C(O)c1cc(NC(CO)CO)nc2ccccc12. The van der Waals surface area contributed by atoms with Crippen LogP contribution < -0.4 is 5.32 Å². The van der Waals surface area contributed by atoms with E-state index in [0.29, 0.717) is 16.7 Å². The molecule has 4 N–H and O–H groups in total. The fraction of sp³-hybridized carbons (Fsp3) is 0.231. The molecule has 0 saturated heterocycles. The quantitative estimate of drug-likeness (QED) is 0.632. The Morgan fingerprint density at radius 2 is 1.95 bits per heavy atom. The Kier molecular flexibility index (Phi) is 3.94. The summed E-state index contributed by atoms with van der Waals surface area (Å²) in [5.41, 5.74) is 0.669. The fourth-order valence-electron chi connectivity index (χ4n) is 1.78. The number of hydrogen-bond donors (Lipinski definition) is 4. The Bertz CT molecular complexity index is 596. The minimum absolute atomic E-state index is 0.128. The highest BCUT2D eigenvalue weighted by Crippen LogP contribution is 2.21. The largest absolute Gasteiger partial charge is 0.478 e. The van der Waals surface area contributed by atoms with Gasteiger partial charge in [-0.05, 0) is 12.1 Å². The van der Waals surface area contributed by atoms with Crippen molar-refractivity contribution in [2.75, 3.05) is 18.5 Å². The smallest absolute Gasteiger partial charge is 0.336 e. The number of aromatic carboxylic acids is 1. The van der Waals surface area contributed by atoms with Crippen molar-refractivity contribution in [3.05, 3.63) is 35.9 Å². The third kappa shape index (κ3) is 2.81. The highest BCUT2D eigenvalue weighted by Gasteiger charge is 2.13. The predicted molar refractivity (Wildman–Crippen MR) is 70.3 cm³/mol. The molecular weight excluding hydrogens is 248 g/mol. The number of aliphatic hydroxyl groups excluding tert-OH is 2. The molecule has 0 spiro atoms. The lowest BCUT2D eigenvalue weighted by atomic mass is 10.1. The zero-order chi connectivity index (χ0) is 13.8. The van der Waals surface area contributed by atoms with E-state index in [1.165, 1.54) is 6.07 Å². The van der Waals surface area contributed by atoms with Gasteiger partial charge in [-0.1, -0.05) is 18.2 Å². The van der Waals surface area contributed by atoms with Crippen LogP contribution in [-0.4, -0.2) is 45.5 Å². The number of aliphatic hydroxyl groups is 2. The van der Waals surface area contributed by atoms with Crippen molar-refractivity contribution in [2.45, 2.75) is 6.04 Å². The molecule has 0 amide bonds. The number of carboxylic acid groups (broad SMARTS) is 1. The lowest BCUT2D eigenvalue weighted by Crippen LogP contribution is -2.28. The van der Waals surface area contributed by atoms with Gasteiger partial charge >= 0.3 is 5.97 Å². The van der Waals surface area contributed by atoms with Crippen LogP contribution in [0.15, 0.2) is 30.3 Å². The van der Waals surface area contributed by atoms with Crippen molar-refractivity contribution >= 4 is 22.7 Å². The van der Waals surface area contributed by atoms with Crippen LogP contribution in [0, 0.1) is 0 Å². The van der Waals surface area contributed by atoms with Gasteiger partial charge in [0.25, 0.3) is 0 Å². The summed E-state index contributed by atoms with van der Waals surface area (Å²) in [7, 11) is 0. The molecule has 0 radical (unpaired) electrons. The minimum Gasteiger partial charge on any atom is -0.478 e. The third-order valence-corrected chi connectivity index (χ3v) is 2.74. The van der Waals surface area contributed by atoms with Crippen molar-refractivity contribution in [1.82, 2.24) is 4.98 Å². The Labute approximate surface area is 109 Å². The summed E-state index contributed by atoms with van der Waals surface area (Å²) >= 11 is 0. The number of nitrogens with one attached hydrogen (secondary N) is 1. The van der Waals surface area contributed by atoms with Crippen LogP contribution in [0.25, 0.3) is 10.9 Å². The number of rotatable bonds is 5. The number of carbonyl (C=O) groups is 1. The van der Waals surface area contributed by atoms with E-state index in [9.17, 15) is 9.90 Å². The van der Waals surface area contributed by atoms with Crippen molar-refractivity contribution in [1.29, 1.82) is 0 Å². The van der Waals surface area contributed by atoms with Crippen LogP contribution in [0.3, 0.4) is 0 Å². The number of hydrogen-bond acceptors (Lipinski definition) is 5. The average Bonchev–Trinajstić information content (AvgIpc) is 2.43. The minimum atomic E-state index is -1.05. The van der Waals surface area contributed by atoms with E-state index in [2.05, 4.69) is 10.3 Å². The van der Waals surface area contributed by atoms with Gasteiger partial charge < -0.3 is 20.6 Å². The molecule has 0 unspecified atom stereocenters. The number of nitrogens with zero attached hydrogens (tertiary/aromatic N) is 1. The molecule has 0 bridgehead atoms. The van der Waals surface area contributed by atoms with Crippen molar-refractivity contribution in [2.24, 2.45) is 0 Å². The Balaban J connectivity index is 2.49. The predicted octanol–water partition coefficient (Wildman–Crippen LogP) is 0.698. The molecule has 6 heteroatoms. The molecule has 0 aliphatic carbocycles. The average molecular weight is 262 g/mol. The summed E-state index contributed by atoms with van der Waals surface area (Å²) in [4.78, 5) is 15.5. The third-order valence-electron chi connectivity index (χ3n) is 2.74. The zero-order valence-corrected chi connectivity index (χ0v) is 10.1. The van der Waals surface area contributed by atoms with Gasteiger partial charge in [0.1, 0.15) is 5.82 Å². The van der Waals surface area contributed by atoms with Crippen LogP contribution in [0.2, 0.25) is 0 Å². The number of fused-ring (bicyclic) bond motifs is 1. The van der Waals surface area contributed by atoms with Crippen LogP contribution in [0.5, 0.6) is 0 Å². The highest BCUT2D eigenvalue weighted by molar-refractivity contribution is 6.03. The van der Waals surface area contributed by atoms with E-state index >= 15 is 0 Å². The van der Waals surface area contributed by atoms with Crippen LogP contribution >= 0.6 is 0 Å². The van der Waals surface area contributed by atoms with E-state index in [1.807, 2.05) is 0 Å². The molecule has 1 aromatic heterocycles. The van der Waals surface area contributed by atoms with E-state index in [1.54, 1.807) is 24.3 Å². The lowest BCUT2D eigenvalue weighted by Gasteiger charge is -2.15. The summed E-state index contributed by atoms with van der Waals surface area (Å²) in [6, 6.07) is 7.72. The molecule has 2 rings (SSSR count). The molecule has 0 fully saturated rings. The summed E-state index contributed by atoms with van der Waals surface area (Å²) < 4.78 is 0. The molecule has 0 aliphatic rings. The summed E-state index contributed by atoms with van der Waals surface area (Å²) in [6.45, 7) is -0.541. The van der Waals surface area contributed by atoms with Crippen LogP contribution in [-0.2, 0) is 0 Å². The molecule has 1 heterocycles. The van der Waals surface area contributed by atoms with Crippen LogP contribution in [0.1, 0.15) is 10.4 Å². The Morgan fingerprint density at radius 1 is 1.26 bits per heavy atom. The van der Waals surface area contributed by atoms with E-state index in [0.717, 1.165) is 0 Å². The summed E-state index contributed by atoms with van der Waals surface area (Å²) in [5.74, 6) is -0.740. The lowest BCUT2D eigenvalue weighted by molar-refractivity contribution is 0.0699. The first-order valence-corrected chi connectivity index (χ1v) is 5.77. The van der Waals surface area contributed by atoms with Crippen molar-refractivity contribution in [3.8, 4) is 0 Å². The van der Waals surface area contributed by atoms with Crippen molar-refractivity contribution < 1.29 is 20.1 Å². The molecular formula is C13H14N2O4. The molecule has 0 atom stereocenters. The molecule has 0 aliphatic heterocycles. The van der Waals surface area contributed by atoms with Gasteiger partial charge in [0.15, 0.2) is 0 Å².